The van der Waals surface area contributed by atoms with E-state index in [1.54, 1.807) is 0 Å². The Morgan fingerprint density at radius 2 is 1.13 bits per heavy atom. The van der Waals surface area contributed by atoms with Crippen LogP contribution in [-0.2, 0) is 9.47 Å². The average Bonchev–Trinajstić information content (AvgIpc) is 2.60. The van der Waals surface area contributed by atoms with Gasteiger partial charge in [0, 0.05) is 5.56 Å². The first-order valence-corrected chi connectivity index (χ1v) is 9.66. The third-order valence-corrected chi connectivity index (χ3v) is 4.11. The average molecular weight is 321 g/mol. The monoisotopic (exact) mass is 320 g/mol. The zero-order valence-corrected chi connectivity index (χ0v) is 15.3. The predicted molar refractivity (Wildman–Crippen MR) is 98.6 cm³/mol. The largest absolute Gasteiger partial charge is 0.348 e. The number of rotatable bonds is 15. The lowest BCUT2D eigenvalue weighted by Gasteiger charge is -2.19. The van der Waals surface area contributed by atoms with Gasteiger partial charge in [0.15, 0.2) is 6.29 Å². The fourth-order valence-corrected chi connectivity index (χ4v) is 2.64. The van der Waals surface area contributed by atoms with Gasteiger partial charge < -0.3 is 9.47 Å². The number of unbranched alkanes of at least 4 members (excludes halogenated alkanes) is 8. The van der Waals surface area contributed by atoms with Crippen molar-refractivity contribution in [2.75, 3.05) is 13.2 Å². The Balaban J connectivity index is 2.26. The summed E-state index contributed by atoms with van der Waals surface area (Å²) in [5.74, 6) is 0. The molecule has 2 heteroatoms. The summed E-state index contributed by atoms with van der Waals surface area (Å²) in [5.41, 5.74) is 1.13. The van der Waals surface area contributed by atoms with E-state index in [4.69, 9.17) is 9.47 Å². The lowest BCUT2D eigenvalue weighted by molar-refractivity contribution is -0.148. The van der Waals surface area contributed by atoms with Gasteiger partial charge in [0.2, 0.25) is 0 Å². The highest BCUT2D eigenvalue weighted by Gasteiger charge is 2.11. The Kier molecular flexibility index (Phi) is 12.9. The van der Waals surface area contributed by atoms with Crippen LogP contribution in [0.3, 0.4) is 0 Å². The minimum Gasteiger partial charge on any atom is -0.348 e. The normalized spacial score (nSPS) is 11.3. The molecule has 0 aromatic heterocycles. The molecule has 0 heterocycles. The zero-order valence-electron chi connectivity index (χ0n) is 15.3. The molecule has 0 radical (unpaired) electrons. The quantitative estimate of drug-likeness (QED) is 0.266. The summed E-state index contributed by atoms with van der Waals surface area (Å²) < 4.78 is 12.0. The Labute approximate surface area is 143 Å². The van der Waals surface area contributed by atoms with Gasteiger partial charge in [-0.2, -0.15) is 0 Å². The Bertz CT molecular complexity index is 334. The van der Waals surface area contributed by atoms with Crippen molar-refractivity contribution in [3.63, 3.8) is 0 Å². The Morgan fingerprint density at radius 3 is 1.61 bits per heavy atom. The molecule has 23 heavy (non-hydrogen) atoms. The molecule has 0 fully saturated rings. The van der Waals surface area contributed by atoms with E-state index in [-0.39, 0.29) is 6.29 Å². The van der Waals surface area contributed by atoms with Crippen molar-refractivity contribution in [3.8, 4) is 0 Å². The first kappa shape index (κ1) is 20.2. The first-order chi connectivity index (χ1) is 11.4. The third-order valence-electron chi connectivity index (χ3n) is 4.11. The van der Waals surface area contributed by atoms with E-state index in [1.165, 1.54) is 51.4 Å². The summed E-state index contributed by atoms with van der Waals surface area (Å²) in [6.45, 7) is 6.07. The van der Waals surface area contributed by atoms with Crippen molar-refractivity contribution < 1.29 is 9.47 Å². The Morgan fingerprint density at radius 1 is 0.652 bits per heavy atom. The third kappa shape index (κ3) is 10.5. The molecule has 0 saturated carbocycles. The number of hydrogen-bond acceptors (Lipinski definition) is 2. The standard InChI is InChI=1S/C21H36O2/c1-3-5-7-9-14-18-22-21(20-16-12-11-13-17-20)23-19-15-10-8-6-4-2/h11-13,16-17,21H,3-10,14-15,18-19H2,1-2H3. The van der Waals surface area contributed by atoms with Crippen LogP contribution in [0.4, 0.5) is 0 Å². The predicted octanol–water partition coefficient (Wildman–Crippen LogP) is 6.66. The highest BCUT2D eigenvalue weighted by Crippen LogP contribution is 2.20. The van der Waals surface area contributed by atoms with E-state index in [0.29, 0.717) is 0 Å². The van der Waals surface area contributed by atoms with Crippen LogP contribution >= 0.6 is 0 Å². The van der Waals surface area contributed by atoms with Crippen LogP contribution in [0, 0.1) is 0 Å². The number of benzene rings is 1. The smallest absolute Gasteiger partial charge is 0.183 e. The number of hydrogen-bond donors (Lipinski definition) is 0. The molecule has 1 aromatic rings. The van der Waals surface area contributed by atoms with Crippen LogP contribution < -0.4 is 0 Å². The van der Waals surface area contributed by atoms with Crippen molar-refractivity contribution >= 4 is 0 Å². The van der Waals surface area contributed by atoms with Crippen molar-refractivity contribution in [1.29, 1.82) is 0 Å². The molecule has 0 spiro atoms. The van der Waals surface area contributed by atoms with E-state index in [0.717, 1.165) is 31.6 Å². The second kappa shape index (κ2) is 14.7. The molecule has 0 atom stereocenters. The summed E-state index contributed by atoms with van der Waals surface area (Å²) in [4.78, 5) is 0. The summed E-state index contributed by atoms with van der Waals surface area (Å²) in [6, 6.07) is 10.3. The SMILES string of the molecule is CCCCCCCOC(OCCCCCCC)c1ccccc1. The highest BCUT2D eigenvalue weighted by atomic mass is 16.7. The van der Waals surface area contributed by atoms with Gasteiger partial charge in [0.1, 0.15) is 0 Å². The first-order valence-electron chi connectivity index (χ1n) is 9.66. The molecule has 0 unspecified atom stereocenters. The van der Waals surface area contributed by atoms with Gasteiger partial charge in [-0.1, -0.05) is 95.5 Å². The Hall–Kier alpha value is -0.860. The van der Waals surface area contributed by atoms with Gasteiger partial charge in [-0.3, -0.25) is 0 Å². The van der Waals surface area contributed by atoms with E-state index in [9.17, 15) is 0 Å². The second-order valence-electron chi connectivity index (χ2n) is 6.31. The molecule has 132 valence electrons. The molecule has 0 bridgehead atoms. The zero-order chi connectivity index (χ0) is 16.6. The summed E-state index contributed by atoms with van der Waals surface area (Å²) >= 11 is 0. The van der Waals surface area contributed by atoms with E-state index in [2.05, 4.69) is 38.1 Å². The van der Waals surface area contributed by atoms with E-state index in [1.807, 2.05) is 6.07 Å². The maximum atomic E-state index is 6.01. The van der Waals surface area contributed by atoms with Gasteiger partial charge >= 0.3 is 0 Å². The fourth-order valence-electron chi connectivity index (χ4n) is 2.64. The summed E-state index contributed by atoms with van der Waals surface area (Å²) in [6.07, 6.45) is 12.4. The molecule has 0 amide bonds. The van der Waals surface area contributed by atoms with Crippen molar-refractivity contribution in [2.24, 2.45) is 0 Å². The van der Waals surface area contributed by atoms with Crippen molar-refractivity contribution in [1.82, 2.24) is 0 Å². The highest BCUT2D eigenvalue weighted by molar-refractivity contribution is 5.15. The molecule has 0 aliphatic heterocycles. The topological polar surface area (TPSA) is 18.5 Å². The lowest BCUT2D eigenvalue weighted by Crippen LogP contribution is -2.11. The molecule has 2 nitrogen and oxygen atoms in total. The minimum atomic E-state index is -0.200. The maximum Gasteiger partial charge on any atom is 0.183 e. The van der Waals surface area contributed by atoms with Crippen LogP contribution in [0.1, 0.15) is 89.9 Å². The molecular weight excluding hydrogens is 284 g/mol. The molecule has 0 saturated heterocycles. The molecule has 1 rings (SSSR count). The van der Waals surface area contributed by atoms with Gasteiger partial charge in [-0.25, -0.2) is 0 Å². The molecular formula is C21H36O2. The van der Waals surface area contributed by atoms with Crippen LogP contribution in [0.25, 0.3) is 0 Å². The van der Waals surface area contributed by atoms with Gasteiger partial charge in [-0.05, 0) is 12.8 Å². The molecule has 0 aliphatic rings. The molecule has 1 aromatic carbocycles. The van der Waals surface area contributed by atoms with Crippen molar-refractivity contribution in [2.45, 2.75) is 84.3 Å². The minimum absolute atomic E-state index is 0.200. The van der Waals surface area contributed by atoms with E-state index < -0.39 is 0 Å². The van der Waals surface area contributed by atoms with Gasteiger partial charge in [0.25, 0.3) is 0 Å². The van der Waals surface area contributed by atoms with Gasteiger partial charge in [0.05, 0.1) is 13.2 Å². The van der Waals surface area contributed by atoms with Crippen LogP contribution in [0.2, 0.25) is 0 Å². The van der Waals surface area contributed by atoms with Crippen LogP contribution in [0.15, 0.2) is 30.3 Å². The van der Waals surface area contributed by atoms with Crippen LogP contribution in [-0.4, -0.2) is 13.2 Å². The molecule has 0 N–H and O–H groups in total. The summed E-state index contributed by atoms with van der Waals surface area (Å²) in [5, 5.41) is 0. The van der Waals surface area contributed by atoms with Gasteiger partial charge in [-0.15, -0.1) is 0 Å². The molecule has 0 aliphatic carbocycles. The van der Waals surface area contributed by atoms with Crippen molar-refractivity contribution in [3.05, 3.63) is 35.9 Å². The lowest BCUT2D eigenvalue weighted by atomic mass is 10.1. The fraction of sp³-hybridized carbons (Fsp3) is 0.714. The maximum absolute atomic E-state index is 6.01. The summed E-state index contributed by atoms with van der Waals surface area (Å²) in [7, 11) is 0. The van der Waals surface area contributed by atoms with Crippen LogP contribution in [0.5, 0.6) is 0 Å². The second-order valence-corrected chi connectivity index (χ2v) is 6.31. The number of ether oxygens (including phenoxy) is 2. The van der Waals surface area contributed by atoms with E-state index >= 15 is 0 Å².